The zero-order valence-electron chi connectivity index (χ0n) is 18.3. The quantitative estimate of drug-likeness (QED) is 0.154. The van der Waals surface area contributed by atoms with Crippen LogP contribution >= 0.6 is 0 Å². The van der Waals surface area contributed by atoms with Gasteiger partial charge in [-0.3, -0.25) is 4.79 Å². The van der Waals surface area contributed by atoms with Crippen molar-refractivity contribution in [2.45, 2.75) is 48.6 Å². The van der Waals surface area contributed by atoms with Gasteiger partial charge >= 0.3 is 6.09 Å². The average Bonchev–Trinajstić information content (AvgIpc) is 2.85. The fourth-order valence-electron chi connectivity index (χ4n) is 3.60. The van der Waals surface area contributed by atoms with E-state index in [0.29, 0.717) is 5.56 Å². The molecule has 34 heavy (non-hydrogen) atoms. The van der Waals surface area contributed by atoms with Crippen molar-refractivity contribution in [1.29, 1.82) is 0 Å². The minimum Gasteiger partial charge on any atom is -0.444 e. The number of aliphatic hydroxyl groups is 7. The summed E-state index contributed by atoms with van der Waals surface area (Å²) in [5.41, 5.74) is 5.92. The SMILES string of the molecule is CO[C@]1(CO)O[C@@H]([C@H](O)[C@@H](O)CO)C(N(C(=O)CN)C(=O)OCc2ccccc2)[C@H](O)C1(O)O. The summed E-state index contributed by atoms with van der Waals surface area (Å²) in [7, 11) is 0.882. The van der Waals surface area contributed by atoms with Gasteiger partial charge in [-0.2, -0.15) is 0 Å². The summed E-state index contributed by atoms with van der Waals surface area (Å²) >= 11 is 0. The van der Waals surface area contributed by atoms with Crippen molar-refractivity contribution in [2.24, 2.45) is 5.73 Å². The van der Waals surface area contributed by atoms with Gasteiger partial charge in [-0.25, -0.2) is 9.69 Å². The van der Waals surface area contributed by atoms with Crippen LogP contribution in [0.3, 0.4) is 0 Å². The van der Waals surface area contributed by atoms with E-state index in [-0.39, 0.29) is 11.5 Å². The molecule has 1 fully saturated rings. The number of nitrogens with two attached hydrogens (primary N) is 1. The lowest BCUT2D eigenvalue weighted by molar-refractivity contribution is -0.456. The van der Waals surface area contributed by atoms with E-state index in [1.807, 2.05) is 0 Å². The molecule has 1 unspecified atom stereocenters. The van der Waals surface area contributed by atoms with Gasteiger partial charge < -0.3 is 55.7 Å². The van der Waals surface area contributed by atoms with Gasteiger partial charge in [-0.15, -0.1) is 0 Å². The van der Waals surface area contributed by atoms with Crippen LogP contribution in [-0.4, -0.2) is 122 Å². The third-order valence-corrected chi connectivity index (χ3v) is 5.56. The number of aliphatic hydroxyl groups excluding tert-OH is 5. The summed E-state index contributed by atoms with van der Waals surface area (Å²) in [4.78, 5) is 25.7. The molecule has 1 aromatic rings. The highest BCUT2D eigenvalue weighted by atomic mass is 16.8. The standard InChI is InChI=1S/C20H30N2O12/c1-32-19(10-24)20(30,31)17(28)14(16(34-19)15(27)12(25)8-23)22(13(26)7-21)18(29)33-9-11-5-3-2-4-6-11/h2-6,12,14-17,23-25,27-28,30-31H,7-10,21H2,1H3/t12-,14?,15+,16+,17-,19+/m0/s1. The second-order valence-electron chi connectivity index (χ2n) is 7.61. The second kappa shape index (κ2) is 11.5. The lowest BCUT2D eigenvalue weighted by atomic mass is 9.83. The van der Waals surface area contributed by atoms with Crippen LogP contribution in [0.4, 0.5) is 4.79 Å². The maximum Gasteiger partial charge on any atom is 0.417 e. The topological polar surface area (TPSA) is 233 Å². The Labute approximate surface area is 194 Å². The maximum absolute atomic E-state index is 12.9. The van der Waals surface area contributed by atoms with Gasteiger partial charge in [0.15, 0.2) is 0 Å². The molecule has 1 aliphatic heterocycles. The van der Waals surface area contributed by atoms with E-state index < -0.39 is 73.8 Å². The first-order valence-electron chi connectivity index (χ1n) is 10.2. The van der Waals surface area contributed by atoms with E-state index in [1.165, 1.54) is 0 Å². The molecule has 9 N–H and O–H groups in total. The number of amides is 2. The van der Waals surface area contributed by atoms with E-state index in [9.17, 15) is 45.3 Å². The number of imide groups is 1. The number of hydrogen-bond acceptors (Lipinski definition) is 13. The lowest BCUT2D eigenvalue weighted by Gasteiger charge is -2.55. The van der Waals surface area contributed by atoms with E-state index in [2.05, 4.69) is 0 Å². The summed E-state index contributed by atoms with van der Waals surface area (Å²) in [6.07, 6.45) is -10.0. The molecule has 0 aromatic heterocycles. The number of hydrogen-bond donors (Lipinski definition) is 8. The smallest absolute Gasteiger partial charge is 0.417 e. The monoisotopic (exact) mass is 490 g/mol. The van der Waals surface area contributed by atoms with Crippen molar-refractivity contribution >= 4 is 12.0 Å². The molecule has 0 bridgehead atoms. The van der Waals surface area contributed by atoms with Gasteiger partial charge in [0.2, 0.25) is 17.5 Å². The molecule has 14 heteroatoms. The van der Waals surface area contributed by atoms with Gasteiger partial charge in [0.1, 0.15) is 43.7 Å². The van der Waals surface area contributed by atoms with Crippen LogP contribution in [0, 0.1) is 0 Å². The molecule has 2 rings (SSSR count). The van der Waals surface area contributed by atoms with E-state index in [1.54, 1.807) is 30.3 Å². The Bertz CT molecular complexity index is 819. The predicted octanol–water partition coefficient (Wildman–Crippen LogP) is -4.03. The van der Waals surface area contributed by atoms with Crippen molar-refractivity contribution in [2.75, 3.05) is 26.9 Å². The van der Waals surface area contributed by atoms with Gasteiger partial charge in [0, 0.05) is 7.11 Å². The highest BCUT2D eigenvalue weighted by Gasteiger charge is 2.68. The van der Waals surface area contributed by atoms with Crippen molar-refractivity contribution in [3.05, 3.63) is 35.9 Å². The van der Waals surface area contributed by atoms with Crippen LogP contribution in [0.25, 0.3) is 0 Å². The Morgan fingerprint density at radius 3 is 2.32 bits per heavy atom. The summed E-state index contributed by atoms with van der Waals surface area (Å²) < 4.78 is 15.3. The fraction of sp³-hybridized carbons (Fsp3) is 0.600. The molecular weight excluding hydrogens is 460 g/mol. The molecule has 1 saturated heterocycles. The van der Waals surface area contributed by atoms with E-state index in [4.69, 9.17) is 19.9 Å². The molecule has 6 atom stereocenters. The first kappa shape index (κ1) is 28.0. The molecule has 1 aromatic carbocycles. The Hall–Kier alpha value is -2.24. The number of nitrogens with zero attached hydrogens (tertiary/aromatic N) is 1. The van der Waals surface area contributed by atoms with Gasteiger partial charge in [0.25, 0.3) is 0 Å². The highest BCUT2D eigenvalue weighted by Crippen LogP contribution is 2.40. The van der Waals surface area contributed by atoms with Crippen LogP contribution in [0.15, 0.2) is 30.3 Å². The molecule has 2 amide bonds. The van der Waals surface area contributed by atoms with Crippen molar-refractivity contribution < 1.29 is 59.5 Å². The van der Waals surface area contributed by atoms with Crippen LogP contribution in [0.1, 0.15) is 5.56 Å². The molecular formula is C20H30N2O12. The second-order valence-corrected chi connectivity index (χ2v) is 7.61. The van der Waals surface area contributed by atoms with E-state index >= 15 is 0 Å². The molecule has 0 aliphatic carbocycles. The number of benzene rings is 1. The normalized spacial score (nSPS) is 28.1. The largest absolute Gasteiger partial charge is 0.444 e. The predicted molar refractivity (Wildman–Crippen MR) is 110 cm³/mol. The average molecular weight is 490 g/mol. The third kappa shape index (κ3) is 5.21. The number of carbonyl (C=O) groups is 2. The minimum absolute atomic E-state index is 0.212. The summed E-state index contributed by atoms with van der Waals surface area (Å²) in [5.74, 6) is -7.41. The molecule has 0 radical (unpaired) electrons. The van der Waals surface area contributed by atoms with Crippen LogP contribution in [-0.2, 0) is 25.6 Å². The summed E-state index contributed by atoms with van der Waals surface area (Å²) in [5, 5.41) is 71.5. The molecule has 1 aliphatic rings. The van der Waals surface area contributed by atoms with Gasteiger partial charge in [-0.05, 0) is 5.56 Å². The van der Waals surface area contributed by atoms with Crippen LogP contribution < -0.4 is 5.73 Å². The zero-order chi connectivity index (χ0) is 25.7. The molecule has 0 spiro atoms. The number of methoxy groups -OCH3 is 1. The summed E-state index contributed by atoms with van der Waals surface area (Å²) in [6.45, 7) is -3.43. The van der Waals surface area contributed by atoms with Gasteiger partial charge in [0.05, 0.1) is 13.2 Å². The first-order chi connectivity index (χ1) is 16.0. The number of ether oxygens (including phenoxy) is 3. The highest BCUT2D eigenvalue weighted by molar-refractivity contribution is 5.93. The van der Waals surface area contributed by atoms with Crippen molar-refractivity contribution in [3.8, 4) is 0 Å². The minimum atomic E-state index is -3.45. The Kier molecular flexibility index (Phi) is 9.44. The molecule has 0 saturated carbocycles. The first-order valence-corrected chi connectivity index (χ1v) is 10.2. The Morgan fingerprint density at radius 2 is 1.82 bits per heavy atom. The third-order valence-electron chi connectivity index (χ3n) is 5.56. The maximum atomic E-state index is 12.9. The number of rotatable bonds is 9. The number of carbonyl (C=O) groups excluding carboxylic acids is 2. The van der Waals surface area contributed by atoms with Crippen LogP contribution in [0.2, 0.25) is 0 Å². The zero-order valence-corrected chi connectivity index (χ0v) is 18.3. The van der Waals surface area contributed by atoms with Crippen molar-refractivity contribution in [3.63, 3.8) is 0 Å². The van der Waals surface area contributed by atoms with Crippen LogP contribution in [0.5, 0.6) is 0 Å². The Morgan fingerprint density at radius 1 is 1.21 bits per heavy atom. The molecule has 1 heterocycles. The lowest BCUT2D eigenvalue weighted by Crippen LogP contribution is -2.79. The molecule has 14 nitrogen and oxygen atoms in total. The van der Waals surface area contributed by atoms with Crippen molar-refractivity contribution in [1.82, 2.24) is 4.90 Å². The van der Waals surface area contributed by atoms with E-state index in [0.717, 1.165) is 7.11 Å². The Balaban J connectivity index is 2.52. The fourth-order valence-corrected chi connectivity index (χ4v) is 3.60. The van der Waals surface area contributed by atoms with Gasteiger partial charge in [-0.1, -0.05) is 30.3 Å². The molecule has 192 valence electrons. The summed E-state index contributed by atoms with van der Waals surface area (Å²) in [6, 6.07) is 6.16.